The molecule has 1 saturated carbocycles. The number of fused-ring (bicyclic) bond motifs is 1. The molecule has 1 N–H and O–H groups in total. The summed E-state index contributed by atoms with van der Waals surface area (Å²) in [6.07, 6.45) is 3.54. The van der Waals surface area contributed by atoms with Crippen LogP contribution in [0, 0.1) is 24.7 Å². The molecule has 0 amide bonds. The van der Waals surface area contributed by atoms with Gasteiger partial charge in [-0.1, -0.05) is 49.2 Å². The van der Waals surface area contributed by atoms with E-state index in [1.165, 1.54) is 12.1 Å². The molecule has 2 unspecified atom stereocenters. The van der Waals surface area contributed by atoms with Gasteiger partial charge in [-0.15, -0.1) is 0 Å². The molecule has 0 spiro atoms. The lowest BCUT2D eigenvalue weighted by Gasteiger charge is -2.57. The average Bonchev–Trinajstić information content (AvgIpc) is 2.75. The van der Waals surface area contributed by atoms with Crippen LogP contribution in [0.4, 0.5) is 0 Å². The van der Waals surface area contributed by atoms with E-state index in [4.69, 9.17) is 8.74 Å². The van der Waals surface area contributed by atoms with E-state index in [2.05, 4.69) is 25.8 Å². The van der Waals surface area contributed by atoms with Crippen molar-refractivity contribution in [3.8, 4) is 0 Å². The Morgan fingerprint density at radius 3 is 1.89 bits per heavy atom. The van der Waals surface area contributed by atoms with E-state index in [0.717, 1.165) is 49.9 Å². The quantitative estimate of drug-likeness (QED) is 0.452. The highest BCUT2D eigenvalue weighted by Crippen LogP contribution is 2.55. The Hall–Kier alpha value is -1.78. The van der Waals surface area contributed by atoms with E-state index in [0.29, 0.717) is 0 Å². The van der Waals surface area contributed by atoms with Crippen molar-refractivity contribution in [1.29, 1.82) is 0 Å². The molecule has 0 aromatic heterocycles. The van der Waals surface area contributed by atoms with Crippen molar-refractivity contribution < 1.29 is 25.6 Å². The van der Waals surface area contributed by atoms with Gasteiger partial charge in [-0.05, 0) is 88.2 Å². The summed E-state index contributed by atoms with van der Waals surface area (Å²) < 4.78 is 60.4. The van der Waals surface area contributed by atoms with Crippen LogP contribution in [-0.2, 0) is 24.4 Å². The summed E-state index contributed by atoms with van der Waals surface area (Å²) in [7, 11) is -5.53. The lowest BCUT2D eigenvalue weighted by molar-refractivity contribution is -0.0877. The molecule has 1 heterocycles. The van der Waals surface area contributed by atoms with Crippen molar-refractivity contribution >= 4 is 20.2 Å². The monoisotopic (exact) mass is 523 g/mol. The summed E-state index contributed by atoms with van der Waals surface area (Å²) in [5, 5.41) is 0. The van der Waals surface area contributed by atoms with Crippen LogP contribution in [0.5, 0.6) is 0 Å². The van der Waals surface area contributed by atoms with Crippen molar-refractivity contribution in [2.24, 2.45) is 10.8 Å². The fourth-order valence-corrected chi connectivity index (χ4v) is 6.73. The third-order valence-corrected chi connectivity index (χ3v) is 9.95. The van der Waals surface area contributed by atoms with Crippen LogP contribution >= 0.6 is 0 Å². The molecule has 2 aromatic rings. The fraction of sp³-hybridized carbons (Fsp3) is 0.538. The highest BCUT2D eigenvalue weighted by atomic mass is 32.2. The zero-order chi connectivity index (χ0) is 26.1. The number of piperidine rings is 1. The molecule has 7 nitrogen and oxygen atoms in total. The molecular weight excluding hydrogens is 486 g/mol. The van der Waals surface area contributed by atoms with Crippen molar-refractivity contribution in [2.75, 3.05) is 20.1 Å². The number of aryl methyl sites for hydroxylation is 2. The first-order valence-corrected chi connectivity index (χ1v) is 14.7. The van der Waals surface area contributed by atoms with Crippen molar-refractivity contribution in [2.45, 2.75) is 69.3 Å². The molecule has 9 heteroatoms. The smallest absolute Gasteiger partial charge is 0.297 e. The van der Waals surface area contributed by atoms with Gasteiger partial charge in [0, 0.05) is 6.54 Å². The highest BCUT2D eigenvalue weighted by Gasteiger charge is 2.52. The van der Waals surface area contributed by atoms with Crippen molar-refractivity contribution in [3.63, 3.8) is 0 Å². The number of hydrogen-bond acceptors (Lipinski definition) is 6. The first-order chi connectivity index (χ1) is 16.1. The zero-order valence-corrected chi connectivity index (χ0v) is 22.8. The molecule has 2 aromatic carbocycles. The van der Waals surface area contributed by atoms with Crippen LogP contribution in [-0.4, -0.2) is 52.5 Å². The molecule has 0 radical (unpaired) electrons. The molecule has 2 aliphatic rings. The van der Waals surface area contributed by atoms with Gasteiger partial charge in [0.15, 0.2) is 0 Å². The van der Waals surface area contributed by atoms with Gasteiger partial charge in [0.1, 0.15) is 0 Å². The molecule has 1 aliphatic carbocycles. The van der Waals surface area contributed by atoms with Gasteiger partial charge >= 0.3 is 0 Å². The summed E-state index contributed by atoms with van der Waals surface area (Å²) in [6.45, 7) is 10.6. The summed E-state index contributed by atoms with van der Waals surface area (Å²) in [6, 6.07) is 12.9. The van der Waals surface area contributed by atoms with Crippen LogP contribution in [0.25, 0.3) is 0 Å². The Kier molecular flexibility index (Phi) is 8.18. The van der Waals surface area contributed by atoms with Crippen molar-refractivity contribution in [1.82, 2.24) is 4.90 Å². The Morgan fingerprint density at radius 2 is 1.37 bits per heavy atom. The van der Waals surface area contributed by atoms with E-state index in [9.17, 15) is 16.8 Å². The largest absolute Gasteiger partial charge is 0.306 e. The SMILES string of the molecule is Cc1ccc(S(=O)(=O)O)cc1.Cc1ccc(S(=O)(=O)OC2CCC3(C)CN(C)CC[C@@]3(C)C2)cc1. The maximum Gasteiger partial charge on any atom is 0.297 e. The van der Waals surface area contributed by atoms with Crippen LogP contribution < -0.4 is 0 Å². The normalized spacial score (nSPS) is 27.4. The molecule has 0 bridgehead atoms. The Balaban J connectivity index is 0.000000261. The number of nitrogens with zero attached hydrogens (tertiary/aromatic N) is 1. The fourth-order valence-electron chi connectivity index (χ4n) is 5.15. The van der Waals surface area contributed by atoms with Crippen LogP contribution in [0.3, 0.4) is 0 Å². The van der Waals surface area contributed by atoms with E-state index >= 15 is 0 Å². The van der Waals surface area contributed by atoms with E-state index < -0.39 is 20.2 Å². The molecule has 35 heavy (non-hydrogen) atoms. The van der Waals surface area contributed by atoms with Gasteiger partial charge in [0.05, 0.1) is 15.9 Å². The highest BCUT2D eigenvalue weighted by molar-refractivity contribution is 7.86. The molecule has 4 rings (SSSR count). The molecule has 2 fully saturated rings. The second kappa shape index (κ2) is 10.3. The van der Waals surface area contributed by atoms with E-state index in [-0.39, 0.29) is 26.7 Å². The second-order valence-electron chi connectivity index (χ2n) is 10.6. The van der Waals surface area contributed by atoms with E-state index in [1.807, 2.05) is 26.0 Å². The minimum Gasteiger partial charge on any atom is -0.306 e. The molecule has 1 saturated heterocycles. The molecule has 1 aliphatic heterocycles. The van der Waals surface area contributed by atoms with Crippen LogP contribution in [0.15, 0.2) is 58.3 Å². The Bertz CT molecular complexity index is 1230. The maximum atomic E-state index is 12.6. The number of rotatable bonds is 4. The summed E-state index contributed by atoms with van der Waals surface area (Å²) in [5.41, 5.74) is 2.39. The predicted octanol–water partition coefficient (Wildman–Crippen LogP) is 4.84. The van der Waals surface area contributed by atoms with Crippen LogP contribution in [0.1, 0.15) is 50.7 Å². The summed E-state index contributed by atoms with van der Waals surface area (Å²) in [4.78, 5) is 2.59. The number of likely N-dealkylation sites (tertiary alicyclic amines) is 1. The number of hydrogen-bond donors (Lipinski definition) is 1. The van der Waals surface area contributed by atoms with Gasteiger partial charge in [0.2, 0.25) is 0 Å². The van der Waals surface area contributed by atoms with Crippen molar-refractivity contribution in [3.05, 3.63) is 59.7 Å². The van der Waals surface area contributed by atoms with Gasteiger partial charge in [-0.3, -0.25) is 8.74 Å². The van der Waals surface area contributed by atoms with Gasteiger partial charge in [-0.25, -0.2) is 0 Å². The van der Waals surface area contributed by atoms with Gasteiger partial charge in [0.25, 0.3) is 20.2 Å². The Labute approximate surface area is 210 Å². The molecular formula is C26H37NO6S2. The predicted molar refractivity (Wildman–Crippen MR) is 136 cm³/mol. The molecule has 194 valence electrons. The third-order valence-electron chi connectivity index (χ3n) is 7.71. The first kappa shape index (κ1) is 27.8. The lowest BCUT2D eigenvalue weighted by atomic mass is 9.54. The van der Waals surface area contributed by atoms with Crippen LogP contribution in [0.2, 0.25) is 0 Å². The topological polar surface area (TPSA) is 101 Å². The zero-order valence-electron chi connectivity index (χ0n) is 21.2. The standard InChI is InChI=1S/C19H29NO3S.C7H8O3S/c1-15-5-7-17(8-6-15)24(21,22)23-16-9-10-19(3)14-20(4)12-11-18(19,2)13-16;1-6-2-4-7(5-3-6)11(8,9)10/h5-8,16H,9-14H2,1-4H3;2-5H,1H3,(H,8,9,10)/t16?,18-,19?;/m0./s1. The van der Waals surface area contributed by atoms with E-state index in [1.54, 1.807) is 24.3 Å². The second-order valence-corrected chi connectivity index (χ2v) is 13.6. The van der Waals surface area contributed by atoms with Gasteiger partial charge < -0.3 is 4.90 Å². The minimum atomic E-state index is -4.02. The summed E-state index contributed by atoms with van der Waals surface area (Å²) >= 11 is 0. The average molecular weight is 524 g/mol. The maximum absolute atomic E-state index is 12.6. The Morgan fingerprint density at radius 1 is 0.857 bits per heavy atom. The molecule has 3 atom stereocenters. The minimum absolute atomic E-state index is 0.0666. The number of benzene rings is 2. The summed E-state index contributed by atoms with van der Waals surface area (Å²) in [5.74, 6) is 0. The lowest BCUT2D eigenvalue weighted by Crippen LogP contribution is -2.55. The van der Waals surface area contributed by atoms with Gasteiger partial charge in [-0.2, -0.15) is 16.8 Å². The third kappa shape index (κ3) is 6.71. The first-order valence-electron chi connectivity index (χ1n) is 11.9.